The lowest BCUT2D eigenvalue weighted by molar-refractivity contribution is 0.00823. The maximum absolute atomic E-state index is 12.0. The SMILES string of the molecule is CC(C)(C)C1(c2cccs2)c2cccn2CCN1C(=O)O. The van der Waals surface area contributed by atoms with Crippen molar-refractivity contribution < 1.29 is 9.90 Å². The van der Waals surface area contributed by atoms with Crippen LogP contribution < -0.4 is 0 Å². The molecule has 4 nitrogen and oxygen atoms in total. The van der Waals surface area contributed by atoms with Crippen LogP contribution in [0.4, 0.5) is 4.79 Å². The Labute approximate surface area is 128 Å². The molecule has 21 heavy (non-hydrogen) atoms. The number of carboxylic acid groups (broad SMARTS) is 1. The minimum absolute atomic E-state index is 0.257. The fourth-order valence-corrected chi connectivity index (χ4v) is 4.75. The maximum Gasteiger partial charge on any atom is 0.408 e. The van der Waals surface area contributed by atoms with Crippen molar-refractivity contribution in [2.24, 2.45) is 5.41 Å². The molecule has 0 bridgehead atoms. The van der Waals surface area contributed by atoms with E-state index in [4.69, 9.17) is 0 Å². The van der Waals surface area contributed by atoms with Crippen LogP contribution in [0.25, 0.3) is 0 Å². The van der Waals surface area contributed by atoms with Gasteiger partial charge in [-0.25, -0.2) is 4.79 Å². The molecule has 0 saturated carbocycles. The van der Waals surface area contributed by atoms with Gasteiger partial charge in [0.15, 0.2) is 0 Å². The molecule has 112 valence electrons. The lowest BCUT2D eigenvalue weighted by atomic mass is 9.68. The van der Waals surface area contributed by atoms with Crippen molar-refractivity contribution in [3.8, 4) is 0 Å². The monoisotopic (exact) mass is 304 g/mol. The lowest BCUT2D eigenvalue weighted by Gasteiger charge is -2.53. The smallest absolute Gasteiger partial charge is 0.408 e. The third-order valence-corrected chi connectivity index (χ3v) is 5.34. The summed E-state index contributed by atoms with van der Waals surface area (Å²) >= 11 is 1.62. The van der Waals surface area contributed by atoms with Crippen molar-refractivity contribution in [2.75, 3.05) is 6.54 Å². The molecule has 1 aliphatic heterocycles. The normalized spacial score (nSPS) is 22.1. The predicted octanol–water partition coefficient (Wildman–Crippen LogP) is 3.83. The highest BCUT2D eigenvalue weighted by atomic mass is 32.1. The van der Waals surface area contributed by atoms with Crippen LogP contribution in [0, 0.1) is 5.41 Å². The Balaban J connectivity index is 2.36. The zero-order chi connectivity index (χ0) is 15.3. The van der Waals surface area contributed by atoms with Crippen molar-refractivity contribution in [1.29, 1.82) is 0 Å². The van der Waals surface area contributed by atoms with E-state index in [2.05, 4.69) is 37.5 Å². The van der Waals surface area contributed by atoms with E-state index in [1.807, 2.05) is 23.7 Å². The third kappa shape index (κ3) is 1.83. The molecule has 2 aromatic rings. The molecular formula is C16H20N2O2S. The number of carbonyl (C=O) groups is 1. The zero-order valence-electron chi connectivity index (χ0n) is 12.5. The Kier molecular flexibility index (Phi) is 3.13. The second-order valence-electron chi connectivity index (χ2n) is 6.46. The standard InChI is InChI=1S/C16H20N2O2S/c1-15(2,3)16(13-7-5-11-21-13)12-6-4-8-17(12)9-10-18(16)14(19)20/h4-8,11H,9-10H2,1-3H3,(H,19,20). The Morgan fingerprint density at radius 1 is 1.29 bits per heavy atom. The second-order valence-corrected chi connectivity index (χ2v) is 7.41. The van der Waals surface area contributed by atoms with E-state index in [1.165, 1.54) is 0 Å². The largest absolute Gasteiger partial charge is 0.465 e. The quantitative estimate of drug-likeness (QED) is 0.870. The van der Waals surface area contributed by atoms with E-state index in [9.17, 15) is 9.90 Å². The molecule has 1 unspecified atom stereocenters. The number of hydrogen-bond acceptors (Lipinski definition) is 2. The molecule has 3 heterocycles. The number of thiophene rings is 1. The first-order valence-electron chi connectivity index (χ1n) is 7.09. The summed E-state index contributed by atoms with van der Waals surface area (Å²) in [7, 11) is 0. The maximum atomic E-state index is 12.0. The fraction of sp³-hybridized carbons (Fsp3) is 0.438. The summed E-state index contributed by atoms with van der Waals surface area (Å²) in [4.78, 5) is 14.7. The summed E-state index contributed by atoms with van der Waals surface area (Å²) in [5.74, 6) is 0. The van der Waals surface area contributed by atoms with Crippen molar-refractivity contribution in [2.45, 2.75) is 32.9 Å². The average molecular weight is 304 g/mol. The Morgan fingerprint density at radius 2 is 2.05 bits per heavy atom. The van der Waals surface area contributed by atoms with Crippen LogP contribution in [-0.4, -0.2) is 27.2 Å². The molecule has 5 heteroatoms. The van der Waals surface area contributed by atoms with Crippen molar-refractivity contribution >= 4 is 17.4 Å². The number of fused-ring (bicyclic) bond motifs is 1. The van der Waals surface area contributed by atoms with Gasteiger partial charge in [-0.3, -0.25) is 4.90 Å². The molecule has 0 fully saturated rings. The van der Waals surface area contributed by atoms with Crippen LogP contribution >= 0.6 is 11.3 Å². The number of nitrogens with zero attached hydrogens (tertiary/aromatic N) is 2. The van der Waals surface area contributed by atoms with Crippen molar-refractivity contribution in [1.82, 2.24) is 9.47 Å². The van der Waals surface area contributed by atoms with Gasteiger partial charge >= 0.3 is 6.09 Å². The van der Waals surface area contributed by atoms with Crippen LogP contribution in [-0.2, 0) is 12.1 Å². The van der Waals surface area contributed by atoms with Crippen molar-refractivity contribution in [3.63, 3.8) is 0 Å². The van der Waals surface area contributed by atoms with Gasteiger partial charge in [0, 0.05) is 29.9 Å². The third-order valence-electron chi connectivity index (χ3n) is 4.36. The molecule has 0 spiro atoms. The van der Waals surface area contributed by atoms with E-state index < -0.39 is 11.6 Å². The highest BCUT2D eigenvalue weighted by molar-refractivity contribution is 7.10. The summed E-state index contributed by atoms with van der Waals surface area (Å²) in [5.41, 5.74) is 0.160. The predicted molar refractivity (Wildman–Crippen MR) is 83.7 cm³/mol. The Hall–Kier alpha value is -1.75. The van der Waals surface area contributed by atoms with Gasteiger partial charge in [-0.1, -0.05) is 26.8 Å². The Bertz CT molecular complexity index is 654. The van der Waals surface area contributed by atoms with Gasteiger partial charge in [0.1, 0.15) is 5.54 Å². The molecule has 1 aliphatic rings. The van der Waals surface area contributed by atoms with Crippen LogP contribution in [0.15, 0.2) is 35.8 Å². The number of amides is 1. The zero-order valence-corrected chi connectivity index (χ0v) is 13.4. The summed E-state index contributed by atoms with van der Waals surface area (Å²) in [6.07, 6.45) is 1.19. The highest BCUT2D eigenvalue weighted by Crippen LogP contribution is 2.52. The van der Waals surface area contributed by atoms with Gasteiger partial charge in [0.25, 0.3) is 0 Å². The molecule has 0 saturated heterocycles. The summed E-state index contributed by atoms with van der Waals surface area (Å²) in [5, 5.41) is 11.8. The van der Waals surface area contributed by atoms with Crippen LogP contribution in [0.3, 0.4) is 0 Å². The van der Waals surface area contributed by atoms with Crippen LogP contribution in [0.5, 0.6) is 0 Å². The summed E-state index contributed by atoms with van der Waals surface area (Å²) in [6.45, 7) is 7.56. The molecule has 0 radical (unpaired) electrons. The average Bonchev–Trinajstić information content (AvgIpc) is 3.06. The van der Waals surface area contributed by atoms with Crippen molar-refractivity contribution in [3.05, 3.63) is 46.4 Å². The van der Waals surface area contributed by atoms with Gasteiger partial charge in [0.05, 0.1) is 0 Å². The first-order chi connectivity index (χ1) is 9.89. The van der Waals surface area contributed by atoms with E-state index in [1.54, 1.807) is 16.2 Å². The van der Waals surface area contributed by atoms with Crippen LogP contribution in [0.1, 0.15) is 31.3 Å². The van der Waals surface area contributed by atoms with Gasteiger partial charge in [-0.2, -0.15) is 0 Å². The van der Waals surface area contributed by atoms with E-state index in [0.29, 0.717) is 13.1 Å². The first kappa shape index (κ1) is 14.2. The molecule has 0 aliphatic carbocycles. The Morgan fingerprint density at radius 3 is 2.62 bits per heavy atom. The molecule has 1 N–H and O–H groups in total. The first-order valence-corrected chi connectivity index (χ1v) is 7.97. The lowest BCUT2D eigenvalue weighted by Crippen LogP contribution is -2.61. The second kappa shape index (κ2) is 4.63. The number of rotatable bonds is 1. The summed E-state index contributed by atoms with van der Waals surface area (Å²) < 4.78 is 2.18. The van der Waals surface area contributed by atoms with E-state index in [0.717, 1.165) is 10.6 Å². The molecular weight excluding hydrogens is 284 g/mol. The number of aromatic nitrogens is 1. The minimum atomic E-state index is -0.856. The minimum Gasteiger partial charge on any atom is -0.465 e. The van der Waals surface area contributed by atoms with E-state index in [-0.39, 0.29) is 5.41 Å². The topological polar surface area (TPSA) is 45.5 Å². The number of hydrogen-bond donors (Lipinski definition) is 1. The molecule has 0 aromatic carbocycles. The van der Waals surface area contributed by atoms with Gasteiger partial charge in [-0.05, 0) is 29.0 Å². The van der Waals surface area contributed by atoms with Crippen LogP contribution in [0.2, 0.25) is 0 Å². The molecule has 1 atom stereocenters. The van der Waals surface area contributed by atoms with E-state index >= 15 is 0 Å². The van der Waals surface area contributed by atoms with Gasteiger partial charge < -0.3 is 9.67 Å². The molecule has 1 amide bonds. The molecule has 3 rings (SSSR count). The van der Waals surface area contributed by atoms with Gasteiger partial charge in [0.2, 0.25) is 0 Å². The fourth-order valence-electron chi connectivity index (χ4n) is 3.59. The summed E-state index contributed by atoms with van der Waals surface area (Å²) in [6, 6.07) is 8.11. The highest BCUT2D eigenvalue weighted by Gasteiger charge is 2.55. The molecule has 2 aromatic heterocycles. The van der Waals surface area contributed by atoms with Gasteiger partial charge in [-0.15, -0.1) is 11.3 Å².